The first-order valence-electron chi connectivity index (χ1n) is 9.11. The first-order valence-corrected chi connectivity index (χ1v) is 9.52. The van der Waals surface area contributed by atoms with Gasteiger partial charge in [0.1, 0.15) is 0 Å². The van der Waals surface area contributed by atoms with Gasteiger partial charge < -0.3 is 15.5 Å². The zero-order valence-corrected chi connectivity index (χ0v) is 16.1. The number of nitrogens with one attached hydrogen (secondary N) is 2. The molecule has 0 saturated carbocycles. The maximum absolute atomic E-state index is 11.8. The molecule has 1 saturated heterocycles. The number of nitrogens with zero attached hydrogens (tertiary/aromatic N) is 1. The minimum atomic E-state index is 0.178. The molecular formula is C21H25N3OS. The lowest BCUT2D eigenvalue weighted by molar-refractivity contribution is -0.117. The Morgan fingerprint density at radius 3 is 2.42 bits per heavy atom. The zero-order valence-electron chi connectivity index (χ0n) is 15.3. The maximum Gasteiger partial charge on any atom is 0.227 e. The van der Waals surface area contributed by atoms with Crippen LogP contribution in [0.4, 0.5) is 11.4 Å². The maximum atomic E-state index is 11.8. The highest BCUT2D eigenvalue weighted by atomic mass is 32.1. The molecular weight excluding hydrogens is 342 g/mol. The first-order chi connectivity index (χ1) is 12.6. The van der Waals surface area contributed by atoms with Crippen LogP contribution in [0.15, 0.2) is 48.5 Å². The number of rotatable bonds is 5. The molecule has 1 atom stereocenters. The Morgan fingerprint density at radius 2 is 1.85 bits per heavy atom. The minimum absolute atomic E-state index is 0.178. The molecule has 0 spiro atoms. The van der Waals surface area contributed by atoms with Crippen molar-refractivity contribution in [3.05, 3.63) is 59.7 Å². The van der Waals surface area contributed by atoms with Gasteiger partial charge in [-0.25, -0.2) is 0 Å². The van der Waals surface area contributed by atoms with Crippen LogP contribution in [-0.4, -0.2) is 17.6 Å². The van der Waals surface area contributed by atoms with Gasteiger partial charge in [-0.15, -0.1) is 0 Å². The molecule has 1 fully saturated rings. The summed E-state index contributed by atoms with van der Waals surface area (Å²) in [6.45, 7) is 5.03. The highest BCUT2D eigenvalue weighted by Crippen LogP contribution is 2.23. The summed E-state index contributed by atoms with van der Waals surface area (Å²) in [5.74, 6) is 0.201. The molecule has 1 aliphatic heterocycles. The van der Waals surface area contributed by atoms with E-state index >= 15 is 0 Å². The van der Waals surface area contributed by atoms with Gasteiger partial charge in [0.15, 0.2) is 5.11 Å². The number of carbonyl (C=O) groups is 1. The Kier molecular flexibility index (Phi) is 5.89. The van der Waals surface area contributed by atoms with Crippen LogP contribution in [0.3, 0.4) is 0 Å². The Hall–Kier alpha value is -2.40. The van der Waals surface area contributed by atoms with Crippen LogP contribution >= 0.6 is 12.2 Å². The lowest BCUT2D eigenvalue weighted by Gasteiger charge is -2.21. The van der Waals surface area contributed by atoms with Gasteiger partial charge in [-0.3, -0.25) is 4.79 Å². The van der Waals surface area contributed by atoms with E-state index in [0.29, 0.717) is 11.5 Å². The second-order valence-corrected chi connectivity index (χ2v) is 7.07. The van der Waals surface area contributed by atoms with Crippen molar-refractivity contribution >= 4 is 34.6 Å². The van der Waals surface area contributed by atoms with Gasteiger partial charge in [0.25, 0.3) is 0 Å². The van der Waals surface area contributed by atoms with Crippen LogP contribution in [-0.2, 0) is 4.79 Å². The molecule has 1 heterocycles. The fourth-order valence-electron chi connectivity index (χ4n) is 3.19. The standard InChI is InChI=1S/C21H25N3OS/c1-3-19(16-8-6-15(2)7-9-16)23-21(26)22-17-10-12-18(13-11-17)24-14-4-5-20(24)25/h6-13,19H,3-5,14H2,1-2H3,(H2,22,23,26). The molecule has 2 aromatic rings. The van der Waals surface area contributed by atoms with E-state index in [1.807, 2.05) is 29.2 Å². The van der Waals surface area contributed by atoms with E-state index in [2.05, 4.69) is 48.7 Å². The summed E-state index contributed by atoms with van der Waals surface area (Å²) in [7, 11) is 0. The van der Waals surface area contributed by atoms with Crippen LogP contribution in [0.25, 0.3) is 0 Å². The second-order valence-electron chi connectivity index (χ2n) is 6.67. The van der Waals surface area contributed by atoms with Gasteiger partial charge in [0, 0.05) is 24.3 Å². The molecule has 0 bridgehead atoms. The summed E-state index contributed by atoms with van der Waals surface area (Å²) in [6, 6.07) is 16.5. The third-order valence-corrected chi connectivity index (χ3v) is 4.92. The number of hydrogen-bond donors (Lipinski definition) is 2. The lowest BCUT2D eigenvalue weighted by atomic mass is 10.0. The number of carbonyl (C=O) groups excluding carboxylic acids is 1. The third kappa shape index (κ3) is 4.41. The van der Waals surface area contributed by atoms with E-state index in [9.17, 15) is 4.79 Å². The molecule has 3 rings (SSSR count). The van der Waals surface area contributed by atoms with E-state index in [0.717, 1.165) is 30.8 Å². The fourth-order valence-corrected chi connectivity index (χ4v) is 3.45. The molecule has 2 N–H and O–H groups in total. The van der Waals surface area contributed by atoms with Crippen LogP contribution < -0.4 is 15.5 Å². The average Bonchev–Trinajstić information content (AvgIpc) is 3.07. The Morgan fingerprint density at radius 1 is 1.15 bits per heavy atom. The number of amides is 1. The van der Waals surface area contributed by atoms with Crippen molar-refractivity contribution in [2.24, 2.45) is 0 Å². The first kappa shape index (κ1) is 18.4. The summed E-state index contributed by atoms with van der Waals surface area (Å²) < 4.78 is 0. The van der Waals surface area contributed by atoms with Crippen LogP contribution in [0.2, 0.25) is 0 Å². The quantitative estimate of drug-likeness (QED) is 0.761. The normalized spacial score (nSPS) is 15.0. The van der Waals surface area contributed by atoms with Crippen LogP contribution in [0, 0.1) is 6.92 Å². The Balaban J connectivity index is 1.60. The van der Waals surface area contributed by atoms with E-state index < -0.39 is 0 Å². The number of anilines is 2. The zero-order chi connectivity index (χ0) is 18.5. The van der Waals surface area contributed by atoms with Gasteiger partial charge in [0.05, 0.1) is 6.04 Å². The average molecular weight is 368 g/mol. The highest BCUT2D eigenvalue weighted by Gasteiger charge is 2.21. The summed E-state index contributed by atoms with van der Waals surface area (Å²) in [5, 5.41) is 7.22. The van der Waals surface area contributed by atoms with Crippen molar-refractivity contribution in [1.29, 1.82) is 0 Å². The lowest BCUT2D eigenvalue weighted by Crippen LogP contribution is -2.32. The van der Waals surface area contributed by atoms with E-state index in [4.69, 9.17) is 12.2 Å². The molecule has 26 heavy (non-hydrogen) atoms. The summed E-state index contributed by atoms with van der Waals surface area (Å²) in [5.41, 5.74) is 4.34. The minimum Gasteiger partial charge on any atom is -0.356 e. The molecule has 4 nitrogen and oxygen atoms in total. The SMILES string of the molecule is CCC(NC(=S)Nc1ccc(N2CCCC2=O)cc1)c1ccc(C)cc1. The number of benzene rings is 2. The summed E-state index contributed by atoms with van der Waals surface area (Å²) in [4.78, 5) is 13.7. The molecule has 1 unspecified atom stereocenters. The summed E-state index contributed by atoms with van der Waals surface area (Å²) in [6.07, 6.45) is 2.52. The molecule has 1 amide bonds. The summed E-state index contributed by atoms with van der Waals surface area (Å²) >= 11 is 5.48. The Labute approximate surface area is 160 Å². The third-order valence-electron chi connectivity index (χ3n) is 4.70. The number of thiocarbonyl (C=S) groups is 1. The fraction of sp³-hybridized carbons (Fsp3) is 0.333. The van der Waals surface area contributed by atoms with Crippen molar-refractivity contribution in [1.82, 2.24) is 5.32 Å². The predicted molar refractivity (Wildman–Crippen MR) is 112 cm³/mol. The van der Waals surface area contributed by atoms with Crippen molar-refractivity contribution in [3.8, 4) is 0 Å². The van der Waals surface area contributed by atoms with Gasteiger partial charge in [0.2, 0.25) is 5.91 Å². The van der Waals surface area contributed by atoms with Crippen molar-refractivity contribution < 1.29 is 4.79 Å². The topological polar surface area (TPSA) is 44.4 Å². The molecule has 136 valence electrons. The smallest absolute Gasteiger partial charge is 0.227 e. The second kappa shape index (κ2) is 8.32. The van der Waals surface area contributed by atoms with E-state index in [1.54, 1.807) is 0 Å². The van der Waals surface area contributed by atoms with Crippen LogP contribution in [0.1, 0.15) is 43.4 Å². The van der Waals surface area contributed by atoms with E-state index in [1.165, 1.54) is 11.1 Å². The molecule has 1 aliphatic rings. The molecule has 2 aromatic carbocycles. The van der Waals surface area contributed by atoms with Crippen molar-refractivity contribution in [2.45, 2.75) is 39.2 Å². The van der Waals surface area contributed by atoms with Gasteiger partial charge in [-0.2, -0.15) is 0 Å². The molecule has 0 aromatic heterocycles. The highest BCUT2D eigenvalue weighted by molar-refractivity contribution is 7.80. The van der Waals surface area contributed by atoms with Gasteiger partial charge in [-0.1, -0.05) is 36.8 Å². The van der Waals surface area contributed by atoms with Crippen molar-refractivity contribution in [3.63, 3.8) is 0 Å². The van der Waals surface area contributed by atoms with Crippen LogP contribution in [0.5, 0.6) is 0 Å². The molecule has 5 heteroatoms. The molecule has 0 aliphatic carbocycles. The van der Waals surface area contributed by atoms with Gasteiger partial charge >= 0.3 is 0 Å². The number of hydrogen-bond acceptors (Lipinski definition) is 2. The largest absolute Gasteiger partial charge is 0.356 e. The monoisotopic (exact) mass is 367 g/mol. The Bertz CT molecular complexity index is 771. The molecule has 0 radical (unpaired) electrons. The van der Waals surface area contributed by atoms with Crippen molar-refractivity contribution in [2.75, 3.05) is 16.8 Å². The number of aryl methyl sites for hydroxylation is 1. The predicted octanol–water partition coefficient (Wildman–Crippen LogP) is 4.56. The van der Waals surface area contributed by atoms with Gasteiger partial charge in [-0.05, 0) is 61.8 Å². The van der Waals surface area contributed by atoms with E-state index in [-0.39, 0.29) is 11.9 Å².